The molecule has 1 heterocycles. The average molecular weight is 316 g/mol. The van der Waals surface area contributed by atoms with E-state index in [1.807, 2.05) is 0 Å². The predicted octanol–water partition coefficient (Wildman–Crippen LogP) is 2.34. The Hall–Kier alpha value is -3.26. The fraction of sp³-hybridized carbons (Fsp3) is 0.158. The third-order valence-electron chi connectivity index (χ3n) is 4.53. The van der Waals surface area contributed by atoms with Crippen LogP contribution in [0.5, 0.6) is 0 Å². The number of amides is 1. The van der Waals surface area contributed by atoms with Crippen molar-refractivity contribution >= 4 is 23.2 Å². The maximum absolute atomic E-state index is 12.9. The van der Waals surface area contributed by atoms with Crippen molar-refractivity contribution in [1.82, 2.24) is 0 Å². The maximum Gasteiger partial charge on any atom is 0.228 e. The molecule has 1 fully saturated rings. The van der Waals surface area contributed by atoms with Crippen molar-refractivity contribution in [2.24, 2.45) is 5.92 Å². The van der Waals surface area contributed by atoms with E-state index in [2.05, 4.69) is 6.07 Å². The molecule has 0 bridgehead atoms. The molecule has 0 spiro atoms. The van der Waals surface area contributed by atoms with Crippen molar-refractivity contribution in [2.75, 3.05) is 11.4 Å². The van der Waals surface area contributed by atoms with Crippen LogP contribution in [-0.2, 0) is 4.79 Å². The van der Waals surface area contributed by atoms with Gasteiger partial charge in [0, 0.05) is 29.7 Å². The number of carbonyl (C=O) groups is 3. The zero-order valence-corrected chi connectivity index (χ0v) is 12.7. The Labute approximate surface area is 138 Å². The van der Waals surface area contributed by atoms with Crippen molar-refractivity contribution in [3.63, 3.8) is 0 Å². The minimum Gasteiger partial charge on any atom is -0.310 e. The number of nitriles is 1. The number of fused-ring (bicyclic) bond motifs is 2. The summed E-state index contributed by atoms with van der Waals surface area (Å²) in [6.07, 6.45) is 0.138. The molecule has 5 heteroatoms. The molecule has 24 heavy (non-hydrogen) atoms. The smallest absolute Gasteiger partial charge is 0.228 e. The predicted molar refractivity (Wildman–Crippen MR) is 85.8 cm³/mol. The van der Waals surface area contributed by atoms with Gasteiger partial charge in [-0.25, -0.2) is 0 Å². The molecule has 0 N–H and O–H groups in total. The van der Waals surface area contributed by atoms with Gasteiger partial charge >= 0.3 is 0 Å². The zero-order valence-electron chi connectivity index (χ0n) is 12.7. The number of rotatable bonds is 1. The number of nitrogens with zero attached hydrogens (tertiary/aromatic N) is 2. The van der Waals surface area contributed by atoms with Gasteiger partial charge in [-0.3, -0.25) is 14.4 Å². The third kappa shape index (κ3) is 1.90. The van der Waals surface area contributed by atoms with E-state index >= 15 is 0 Å². The molecule has 1 atom stereocenters. The topological polar surface area (TPSA) is 78.2 Å². The van der Waals surface area contributed by atoms with Gasteiger partial charge in [0.1, 0.15) is 0 Å². The first-order valence-corrected chi connectivity index (χ1v) is 7.63. The van der Waals surface area contributed by atoms with Gasteiger partial charge in [-0.05, 0) is 6.07 Å². The van der Waals surface area contributed by atoms with Gasteiger partial charge in [0.05, 0.1) is 23.2 Å². The van der Waals surface area contributed by atoms with E-state index in [1.165, 1.54) is 4.90 Å². The summed E-state index contributed by atoms with van der Waals surface area (Å²) in [6.45, 7) is 0.245. The lowest BCUT2D eigenvalue weighted by Crippen LogP contribution is -2.29. The SMILES string of the molecule is N#CC1CC(=O)N(c2cccc3c2C(=O)c2ccccc2C3=O)C1. The van der Waals surface area contributed by atoms with E-state index < -0.39 is 5.92 Å². The number of hydrogen-bond donors (Lipinski definition) is 0. The highest BCUT2D eigenvalue weighted by Gasteiger charge is 2.37. The molecule has 5 nitrogen and oxygen atoms in total. The Bertz CT molecular complexity index is 955. The third-order valence-corrected chi connectivity index (χ3v) is 4.53. The number of anilines is 1. The maximum atomic E-state index is 12.9. The van der Waals surface area contributed by atoms with Crippen LogP contribution in [0.25, 0.3) is 0 Å². The van der Waals surface area contributed by atoms with Crippen LogP contribution in [0.15, 0.2) is 42.5 Å². The van der Waals surface area contributed by atoms with E-state index in [0.717, 1.165) is 0 Å². The van der Waals surface area contributed by atoms with E-state index in [0.29, 0.717) is 22.4 Å². The second-order valence-electron chi connectivity index (χ2n) is 5.94. The van der Waals surface area contributed by atoms with E-state index in [1.54, 1.807) is 42.5 Å². The molecular weight excluding hydrogens is 304 g/mol. The molecule has 0 aromatic heterocycles. The van der Waals surface area contributed by atoms with Crippen molar-refractivity contribution in [1.29, 1.82) is 5.26 Å². The standard InChI is InChI=1S/C19H12N2O3/c20-9-11-8-16(22)21(10-11)15-7-3-6-14-17(15)19(24)13-5-2-1-4-12(13)18(14)23/h1-7,11H,8,10H2. The van der Waals surface area contributed by atoms with E-state index in [-0.39, 0.29) is 36.0 Å². The highest BCUT2D eigenvalue weighted by molar-refractivity contribution is 6.30. The average Bonchev–Trinajstić information content (AvgIpc) is 3.00. The molecular formula is C19H12N2O3. The van der Waals surface area contributed by atoms with Gasteiger partial charge in [-0.1, -0.05) is 36.4 Å². The summed E-state index contributed by atoms with van der Waals surface area (Å²) in [5.74, 6) is -1.07. The van der Waals surface area contributed by atoms with Crippen molar-refractivity contribution < 1.29 is 14.4 Å². The monoisotopic (exact) mass is 316 g/mol. The Kier molecular flexibility index (Phi) is 3.07. The first kappa shape index (κ1) is 14.3. The van der Waals surface area contributed by atoms with Gasteiger partial charge in [-0.15, -0.1) is 0 Å². The molecule has 1 saturated heterocycles. The van der Waals surface area contributed by atoms with Gasteiger partial charge < -0.3 is 4.90 Å². The van der Waals surface area contributed by atoms with E-state index in [4.69, 9.17) is 5.26 Å². The molecule has 0 saturated carbocycles. The van der Waals surface area contributed by atoms with Crippen LogP contribution in [0.1, 0.15) is 38.3 Å². The van der Waals surface area contributed by atoms with Gasteiger partial charge in [0.15, 0.2) is 11.6 Å². The molecule has 116 valence electrons. The van der Waals surface area contributed by atoms with Crippen LogP contribution in [0.3, 0.4) is 0 Å². The zero-order chi connectivity index (χ0) is 16.8. The lowest BCUT2D eigenvalue weighted by molar-refractivity contribution is -0.117. The molecule has 1 amide bonds. The number of ketones is 2. The van der Waals surface area contributed by atoms with Crippen LogP contribution in [0.2, 0.25) is 0 Å². The number of carbonyl (C=O) groups excluding carboxylic acids is 3. The number of benzene rings is 2. The quantitative estimate of drug-likeness (QED) is 0.690. The summed E-state index contributed by atoms with van der Waals surface area (Å²) in [5, 5.41) is 9.06. The van der Waals surface area contributed by atoms with Gasteiger partial charge in [0.25, 0.3) is 0 Å². The highest BCUT2D eigenvalue weighted by atomic mass is 16.2. The largest absolute Gasteiger partial charge is 0.310 e. The second-order valence-corrected chi connectivity index (χ2v) is 5.94. The Morgan fingerprint density at radius 3 is 2.25 bits per heavy atom. The van der Waals surface area contributed by atoms with Crippen LogP contribution in [-0.4, -0.2) is 24.0 Å². The summed E-state index contributed by atoms with van der Waals surface area (Å²) in [7, 11) is 0. The highest BCUT2D eigenvalue weighted by Crippen LogP contribution is 2.36. The normalized spacial score (nSPS) is 19.0. The molecule has 0 radical (unpaired) electrons. The minimum atomic E-state index is -0.393. The summed E-state index contributed by atoms with van der Waals surface area (Å²) < 4.78 is 0. The lowest BCUT2D eigenvalue weighted by Gasteiger charge is -2.24. The van der Waals surface area contributed by atoms with Crippen LogP contribution in [0.4, 0.5) is 5.69 Å². The molecule has 4 rings (SSSR count). The Morgan fingerprint density at radius 1 is 0.917 bits per heavy atom. The van der Waals surface area contributed by atoms with Crippen molar-refractivity contribution in [3.8, 4) is 6.07 Å². The van der Waals surface area contributed by atoms with Gasteiger partial charge in [0.2, 0.25) is 5.91 Å². The molecule has 1 aliphatic heterocycles. The summed E-state index contributed by atoms with van der Waals surface area (Å²) in [4.78, 5) is 39.3. The van der Waals surface area contributed by atoms with Crippen molar-refractivity contribution in [3.05, 3.63) is 64.7 Å². The molecule has 2 aromatic rings. The van der Waals surface area contributed by atoms with Crippen LogP contribution < -0.4 is 4.90 Å². The minimum absolute atomic E-state index is 0.138. The Balaban J connectivity index is 1.90. The lowest BCUT2D eigenvalue weighted by atomic mass is 9.83. The molecule has 1 aliphatic carbocycles. The summed E-state index contributed by atoms with van der Waals surface area (Å²) in [6, 6.07) is 13.7. The summed E-state index contributed by atoms with van der Waals surface area (Å²) in [5.41, 5.74) is 1.72. The molecule has 2 aromatic carbocycles. The van der Waals surface area contributed by atoms with Crippen molar-refractivity contribution in [2.45, 2.75) is 6.42 Å². The van der Waals surface area contributed by atoms with Crippen LogP contribution in [0, 0.1) is 17.2 Å². The molecule has 1 unspecified atom stereocenters. The fourth-order valence-corrected chi connectivity index (χ4v) is 3.38. The van der Waals surface area contributed by atoms with E-state index in [9.17, 15) is 14.4 Å². The Morgan fingerprint density at radius 2 is 1.58 bits per heavy atom. The fourth-order valence-electron chi connectivity index (χ4n) is 3.38. The van der Waals surface area contributed by atoms with Crippen LogP contribution >= 0.6 is 0 Å². The first-order valence-electron chi connectivity index (χ1n) is 7.63. The molecule has 2 aliphatic rings. The van der Waals surface area contributed by atoms with Gasteiger partial charge in [-0.2, -0.15) is 5.26 Å². The number of hydrogen-bond acceptors (Lipinski definition) is 4. The second kappa shape index (κ2) is 5.14. The summed E-state index contributed by atoms with van der Waals surface area (Å²) >= 11 is 0. The first-order chi connectivity index (χ1) is 11.6.